The predicted molar refractivity (Wildman–Crippen MR) is 69.9 cm³/mol. The van der Waals surface area contributed by atoms with Crippen molar-refractivity contribution in [3.05, 3.63) is 35.1 Å². The molecule has 2 heterocycles. The molecule has 0 atom stereocenters. The number of aromatic nitrogens is 3. The first-order valence-electron chi connectivity index (χ1n) is 5.58. The average Bonchev–Trinajstić information content (AvgIpc) is 2.67. The monoisotopic (exact) mass is 319 g/mol. The van der Waals surface area contributed by atoms with E-state index in [1.807, 2.05) is 0 Å². The molecule has 112 valence electrons. The second-order valence-electron chi connectivity index (χ2n) is 4.04. The van der Waals surface area contributed by atoms with Gasteiger partial charge in [-0.3, -0.25) is 9.48 Å². The van der Waals surface area contributed by atoms with Crippen molar-refractivity contribution in [3.63, 3.8) is 0 Å². The van der Waals surface area contributed by atoms with Crippen LogP contribution >= 0.6 is 11.6 Å². The van der Waals surface area contributed by atoms with E-state index in [0.717, 1.165) is 6.20 Å². The Morgan fingerprint density at radius 1 is 1.43 bits per heavy atom. The number of nitrogen functional groups attached to an aromatic ring is 1. The van der Waals surface area contributed by atoms with Crippen LogP contribution in [0.2, 0.25) is 5.02 Å². The van der Waals surface area contributed by atoms with Crippen molar-refractivity contribution < 1.29 is 18.0 Å². The smallest absolute Gasteiger partial charge is 0.384 e. The van der Waals surface area contributed by atoms with Crippen molar-refractivity contribution in [2.24, 2.45) is 0 Å². The van der Waals surface area contributed by atoms with E-state index in [0.29, 0.717) is 4.68 Å². The molecule has 10 heteroatoms. The molecule has 0 aromatic carbocycles. The van der Waals surface area contributed by atoms with Crippen molar-refractivity contribution in [2.75, 3.05) is 11.1 Å². The molecule has 0 aliphatic rings. The number of nitrogens with one attached hydrogen (secondary N) is 1. The Kier molecular flexibility index (Phi) is 4.03. The zero-order valence-electron chi connectivity index (χ0n) is 10.4. The van der Waals surface area contributed by atoms with E-state index in [1.165, 1.54) is 18.2 Å². The molecule has 0 radical (unpaired) electrons. The van der Waals surface area contributed by atoms with E-state index in [2.05, 4.69) is 15.4 Å². The molecule has 3 N–H and O–H groups in total. The fraction of sp³-hybridized carbons (Fsp3) is 0.182. The third kappa shape index (κ3) is 4.09. The van der Waals surface area contributed by atoms with Gasteiger partial charge >= 0.3 is 6.18 Å². The van der Waals surface area contributed by atoms with Crippen molar-refractivity contribution in [1.82, 2.24) is 14.8 Å². The molecule has 0 fully saturated rings. The van der Waals surface area contributed by atoms with Crippen LogP contribution in [0.1, 0.15) is 10.5 Å². The van der Waals surface area contributed by atoms with Crippen LogP contribution in [0, 0.1) is 0 Å². The molecule has 2 aromatic heterocycles. The van der Waals surface area contributed by atoms with Crippen LogP contribution < -0.4 is 11.1 Å². The minimum atomic E-state index is -4.44. The van der Waals surface area contributed by atoms with Crippen LogP contribution in [0.5, 0.6) is 0 Å². The summed E-state index contributed by atoms with van der Waals surface area (Å²) in [5.41, 5.74) is 5.43. The number of pyridine rings is 1. The van der Waals surface area contributed by atoms with E-state index in [1.54, 1.807) is 0 Å². The Hall–Kier alpha value is -2.29. The van der Waals surface area contributed by atoms with Gasteiger partial charge in [0.05, 0.1) is 0 Å². The molecule has 21 heavy (non-hydrogen) atoms. The first-order chi connectivity index (χ1) is 9.74. The Labute approximate surface area is 121 Å². The summed E-state index contributed by atoms with van der Waals surface area (Å²) >= 11 is 5.73. The van der Waals surface area contributed by atoms with E-state index in [9.17, 15) is 18.0 Å². The van der Waals surface area contributed by atoms with Gasteiger partial charge in [-0.1, -0.05) is 17.7 Å². The number of hydrogen-bond acceptors (Lipinski definition) is 4. The Morgan fingerprint density at radius 3 is 2.76 bits per heavy atom. The molecule has 0 aliphatic heterocycles. The van der Waals surface area contributed by atoms with Crippen LogP contribution in [0.4, 0.5) is 24.8 Å². The third-order valence-electron chi connectivity index (χ3n) is 2.29. The van der Waals surface area contributed by atoms with Gasteiger partial charge in [-0.05, 0) is 12.1 Å². The Morgan fingerprint density at radius 2 is 2.14 bits per heavy atom. The SMILES string of the molecule is Nc1cccc(C(=O)Nc2nn(CC(F)(F)F)cc2Cl)n1. The molecular formula is C11H9ClF3N5O. The number of rotatable bonds is 3. The fourth-order valence-electron chi connectivity index (χ4n) is 1.50. The first-order valence-corrected chi connectivity index (χ1v) is 5.96. The predicted octanol–water partition coefficient (Wildman–Crippen LogP) is 2.33. The topological polar surface area (TPSA) is 85.8 Å². The zero-order valence-corrected chi connectivity index (χ0v) is 11.1. The van der Waals surface area contributed by atoms with E-state index in [-0.39, 0.29) is 22.4 Å². The van der Waals surface area contributed by atoms with Gasteiger partial charge in [-0.15, -0.1) is 0 Å². The highest BCUT2D eigenvalue weighted by Crippen LogP contribution is 2.23. The number of nitrogens with two attached hydrogens (primary N) is 1. The lowest BCUT2D eigenvalue weighted by Crippen LogP contribution is -2.19. The molecule has 0 spiro atoms. The van der Waals surface area contributed by atoms with Crippen molar-refractivity contribution >= 4 is 29.1 Å². The number of carbonyl (C=O) groups is 1. The molecule has 6 nitrogen and oxygen atoms in total. The standard InChI is InChI=1S/C11H9ClF3N5O/c12-6-4-20(5-11(13,14)15)19-9(6)18-10(21)7-2-1-3-8(16)17-7/h1-4H,5H2,(H2,16,17)(H,18,19,21). The molecule has 0 aliphatic carbocycles. The summed E-state index contributed by atoms with van der Waals surface area (Å²) in [7, 11) is 0. The third-order valence-corrected chi connectivity index (χ3v) is 2.57. The number of halogens is 4. The van der Waals surface area contributed by atoms with Crippen LogP contribution in [0.25, 0.3) is 0 Å². The van der Waals surface area contributed by atoms with Crippen LogP contribution in [-0.4, -0.2) is 26.8 Å². The Bertz CT molecular complexity index is 670. The highest BCUT2D eigenvalue weighted by Gasteiger charge is 2.29. The fourth-order valence-corrected chi connectivity index (χ4v) is 1.69. The zero-order chi connectivity index (χ0) is 15.6. The number of alkyl halides is 3. The van der Waals surface area contributed by atoms with E-state index >= 15 is 0 Å². The molecule has 1 amide bonds. The van der Waals surface area contributed by atoms with Gasteiger partial charge in [0.15, 0.2) is 5.82 Å². The van der Waals surface area contributed by atoms with Crippen molar-refractivity contribution in [3.8, 4) is 0 Å². The van der Waals surface area contributed by atoms with Gasteiger partial charge in [0.2, 0.25) is 0 Å². The minimum absolute atomic E-state index is 0.00330. The first kappa shape index (κ1) is 15.1. The largest absolute Gasteiger partial charge is 0.408 e. The molecule has 0 saturated heterocycles. The summed E-state index contributed by atoms with van der Waals surface area (Å²) in [6, 6.07) is 4.40. The maximum atomic E-state index is 12.2. The van der Waals surface area contributed by atoms with Crippen molar-refractivity contribution in [1.29, 1.82) is 0 Å². The highest BCUT2D eigenvalue weighted by atomic mass is 35.5. The van der Waals surface area contributed by atoms with Gasteiger partial charge < -0.3 is 11.1 Å². The summed E-state index contributed by atoms with van der Waals surface area (Å²) < 4.78 is 37.3. The van der Waals surface area contributed by atoms with Crippen LogP contribution in [-0.2, 0) is 6.54 Å². The maximum absolute atomic E-state index is 12.2. The lowest BCUT2D eigenvalue weighted by molar-refractivity contribution is -0.142. The number of amides is 1. The van der Waals surface area contributed by atoms with Crippen LogP contribution in [0.15, 0.2) is 24.4 Å². The summed E-state index contributed by atoms with van der Waals surface area (Å²) in [5, 5.41) is 5.71. The van der Waals surface area contributed by atoms with Gasteiger partial charge in [0, 0.05) is 6.20 Å². The second-order valence-corrected chi connectivity index (χ2v) is 4.45. The minimum Gasteiger partial charge on any atom is -0.384 e. The summed E-state index contributed by atoms with van der Waals surface area (Å²) in [6.45, 7) is -1.31. The van der Waals surface area contributed by atoms with Gasteiger partial charge in [0.25, 0.3) is 5.91 Å². The van der Waals surface area contributed by atoms with Crippen molar-refractivity contribution in [2.45, 2.75) is 12.7 Å². The average molecular weight is 320 g/mol. The lowest BCUT2D eigenvalue weighted by Gasteiger charge is -2.05. The number of nitrogens with zero attached hydrogens (tertiary/aromatic N) is 3. The normalized spacial score (nSPS) is 11.4. The van der Waals surface area contributed by atoms with Gasteiger partial charge in [0.1, 0.15) is 23.1 Å². The lowest BCUT2D eigenvalue weighted by atomic mass is 10.3. The summed E-state index contributed by atoms with van der Waals surface area (Å²) in [4.78, 5) is 15.6. The number of hydrogen-bond donors (Lipinski definition) is 2. The molecule has 0 unspecified atom stereocenters. The molecule has 2 rings (SSSR count). The molecule has 2 aromatic rings. The molecule has 0 bridgehead atoms. The molecule has 0 saturated carbocycles. The Balaban J connectivity index is 2.14. The van der Waals surface area contributed by atoms with Gasteiger partial charge in [-0.25, -0.2) is 4.98 Å². The quantitative estimate of drug-likeness (QED) is 0.909. The van der Waals surface area contributed by atoms with Gasteiger partial charge in [-0.2, -0.15) is 18.3 Å². The number of anilines is 2. The highest BCUT2D eigenvalue weighted by molar-refractivity contribution is 6.33. The second kappa shape index (κ2) is 5.60. The summed E-state index contributed by atoms with van der Waals surface area (Å²) in [6.07, 6.45) is -3.47. The van der Waals surface area contributed by atoms with Crippen LogP contribution in [0.3, 0.4) is 0 Å². The summed E-state index contributed by atoms with van der Waals surface area (Å²) in [5.74, 6) is -0.729. The van der Waals surface area contributed by atoms with E-state index < -0.39 is 18.6 Å². The maximum Gasteiger partial charge on any atom is 0.408 e. The molecular weight excluding hydrogens is 311 g/mol. The van der Waals surface area contributed by atoms with E-state index in [4.69, 9.17) is 17.3 Å². The number of carbonyl (C=O) groups excluding carboxylic acids is 1.